The van der Waals surface area contributed by atoms with E-state index in [9.17, 15) is 4.79 Å². The predicted octanol–water partition coefficient (Wildman–Crippen LogP) is 0.417. The van der Waals surface area contributed by atoms with Crippen LogP contribution < -0.4 is 16.4 Å². The summed E-state index contributed by atoms with van der Waals surface area (Å²) in [5.41, 5.74) is 11.5. The Labute approximate surface area is 111 Å². The molecule has 5 nitrogen and oxygen atoms in total. The van der Waals surface area contributed by atoms with Crippen LogP contribution in [0.5, 0.6) is 0 Å². The molecule has 0 aliphatic carbocycles. The minimum Gasteiger partial charge on any atom is -0.388 e. The summed E-state index contributed by atoms with van der Waals surface area (Å²) in [5.74, 6) is 0.628. The number of carbonyl (C=O) groups excluding carboxylic acids is 1. The Balaban J connectivity index is 2.07. The van der Waals surface area contributed by atoms with Gasteiger partial charge in [-0.15, -0.1) is 0 Å². The number of nitrogens with two attached hydrogens (primary N) is 2. The Morgan fingerprint density at radius 3 is 2.56 bits per heavy atom. The quantitative estimate of drug-likeness (QED) is 0.773. The zero-order chi connectivity index (χ0) is 13.1. The van der Waals surface area contributed by atoms with Crippen LogP contribution in [-0.4, -0.2) is 29.0 Å². The first-order valence-electron chi connectivity index (χ1n) is 5.89. The molecular weight excluding hydrogens is 248 g/mol. The molecule has 0 unspecified atom stereocenters. The monoisotopic (exact) mass is 264 g/mol. The van der Waals surface area contributed by atoms with Gasteiger partial charge in [-0.05, 0) is 25.0 Å². The summed E-state index contributed by atoms with van der Waals surface area (Å²) in [7, 11) is 0. The average molecular weight is 264 g/mol. The van der Waals surface area contributed by atoms with E-state index in [1.807, 2.05) is 12.1 Å². The zero-order valence-corrected chi connectivity index (χ0v) is 10.8. The third-order valence-electron chi connectivity index (χ3n) is 3.21. The SMILES string of the molecule is NC(=O)C1CCN(c2cccc(C(N)=S)n2)CC1. The van der Waals surface area contributed by atoms with Crippen molar-refractivity contribution in [2.24, 2.45) is 17.4 Å². The van der Waals surface area contributed by atoms with Crippen molar-refractivity contribution in [3.05, 3.63) is 23.9 Å². The summed E-state index contributed by atoms with van der Waals surface area (Å²) < 4.78 is 0. The molecule has 4 N–H and O–H groups in total. The van der Waals surface area contributed by atoms with Crippen LogP contribution in [0.2, 0.25) is 0 Å². The van der Waals surface area contributed by atoms with Gasteiger partial charge in [0.1, 0.15) is 10.8 Å². The fourth-order valence-corrected chi connectivity index (χ4v) is 2.24. The van der Waals surface area contributed by atoms with E-state index in [2.05, 4.69) is 9.88 Å². The van der Waals surface area contributed by atoms with E-state index < -0.39 is 0 Å². The molecule has 6 heteroatoms. The zero-order valence-electron chi connectivity index (χ0n) is 10.0. The molecule has 96 valence electrons. The Bertz CT molecular complexity index is 469. The van der Waals surface area contributed by atoms with Crippen molar-refractivity contribution in [2.45, 2.75) is 12.8 Å². The number of amides is 1. The maximum atomic E-state index is 11.1. The fourth-order valence-electron chi connectivity index (χ4n) is 2.13. The minimum absolute atomic E-state index is 0.0139. The van der Waals surface area contributed by atoms with Crippen LogP contribution in [-0.2, 0) is 4.79 Å². The molecule has 1 saturated heterocycles. The Morgan fingerprint density at radius 1 is 1.33 bits per heavy atom. The lowest BCUT2D eigenvalue weighted by Gasteiger charge is -2.31. The minimum atomic E-state index is -0.209. The third kappa shape index (κ3) is 2.76. The van der Waals surface area contributed by atoms with Crippen molar-refractivity contribution in [1.82, 2.24) is 4.98 Å². The Morgan fingerprint density at radius 2 is 2.00 bits per heavy atom. The third-order valence-corrected chi connectivity index (χ3v) is 3.42. The number of hydrogen-bond donors (Lipinski definition) is 2. The molecule has 1 aromatic rings. The Kier molecular flexibility index (Phi) is 3.76. The van der Waals surface area contributed by atoms with Crippen molar-refractivity contribution in [3.63, 3.8) is 0 Å². The Hall–Kier alpha value is -1.69. The molecule has 1 fully saturated rings. The number of anilines is 1. The first-order valence-corrected chi connectivity index (χ1v) is 6.30. The second kappa shape index (κ2) is 5.30. The molecule has 1 amide bonds. The van der Waals surface area contributed by atoms with Gasteiger partial charge in [-0.2, -0.15) is 0 Å². The van der Waals surface area contributed by atoms with Crippen LogP contribution in [0.15, 0.2) is 18.2 Å². The standard InChI is InChI=1S/C12H16N4OS/c13-11(17)8-4-6-16(7-5-8)10-3-1-2-9(15-10)12(14)18/h1-3,8H,4-7H2,(H2,13,17)(H2,14,18). The molecule has 0 bridgehead atoms. The normalized spacial score (nSPS) is 16.6. The highest BCUT2D eigenvalue weighted by atomic mass is 32.1. The first-order chi connectivity index (χ1) is 8.58. The first kappa shape index (κ1) is 12.8. The number of thiocarbonyl (C=S) groups is 1. The van der Waals surface area contributed by atoms with E-state index in [-0.39, 0.29) is 11.8 Å². The average Bonchev–Trinajstić information content (AvgIpc) is 2.39. The largest absolute Gasteiger partial charge is 0.388 e. The van der Waals surface area contributed by atoms with Gasteiger partial charge in [0, 0.05) is 19.0 Å². The van der Waals surface area contributed by atoms with Gasteiger partial charge in [0.15, 0.2) is 0 Å². The van der Waals surface area contributed by atoms with Gasteiger partial charge in [0.05, 0.1) is 5.69 Å². The number of pyridine rings is 1. The van der Waals surface area contributed by atoms with E-state index in [0.717, 1.165) is 31.7 Å². The van der Waals surface area contributed by atoms with Crippen molar-refractivity contribution in [1.29, 1.82) is 0 Å². The number of piperidine rings is 1. The van der Waals surface area contributed by atoms with Gasteiger partial charge in [-0.1, -0.05) is 18.3 Å². The lowest BCUT2D eigenvalue weighted by atomic mass is 9.96. The molecule has 1 aliphatic rings. The van der Waals surface area contributed by atoms with Crippen LogP contribution in [0.4, 0.5) is 5.82 Å². The maximum Gasteiger partial charge on any atom is 0.220 e. The van der Waals surface area contributed by atoms with Crippen molar-refractivity contribution in [2.75, 3.05) is 18.0 Å². The highest BCUT2D eigenvalue weighted by Gasteiger charge is 2.23. The highest BCUT2D eigenvalue weighted by Crippen LogP contribution is 2.21. The van der Waals surface area contributed by atoms with Gasteiger partial charge >= 0.3 is 0 Å². The molecule has 0 atom stereocenters. The molecule has 0 saturated carbocycles. The lowest BCUT2D eigenvalue weighted by Crippen LogP contribution is -2.39. The van der Waals surface area contributed by atoms with Gasteiger partial charge in [-0.3, -0.25) is 4.79 Å². The van der Waals surface area contributed by atoms with E-state index in [0.29, 0.717) is 10.7 Å². The molecule has 18 heavy (non-hydrogen) atoms. The smallest absolute Gasteiger partial charge is 0.220 e. The molecule has 0 aromatic carbocycles. The van der Waals surface area contributed by atoms with Gasteiger partial charge in [0.2, 0.25) is 5.91 Å². The summed E-state index contributed by atoms with van der Waals surface area (Å²) in [6, 6.07) is 5.60. The summed E-state index contributed by atoms with van der Waals surface area (Å²) in [6.45, 7) is 1.56. The van der Waals surface area contributed by atoms with E-state index in [1.165, 1.54) is 0 Å². The van der Waals surface area contributed by atoms with Gasteiger partial charge in [-0.25, -0.2) is 4.98 Å². The van der Waals surface area contributed by atoms with Crippen LogP contribution in [0.1, 0.15) is 18.5 Å². The van der Waals surface area contributed by atoms with Crippen LogP contribution in [0.25, 0.3) is 0 Å². The topological polar surface area (TPSA) is 85.2 Å². The molecule has 0 spiro atoms. The lowest BCUT2D eigenvalue weighted by molar-refractivity contribution is -0.122. The van der Waals surface area contributed by atoms with Crippen LogP contribution in [0.3, 0.4) is 0 Å². The molecule has 0 radical (unpaired) electrons. The molecule has 1 aliphatic heterocycles. The van der Waals surface area contributed by atoms with E-state index in [1.54, 1.807) is 6.07 Å². The molecule has 1 aromatic heterocycles. The highest BCUT2D eigenvalue weighted by molar-refractivity contribution is 7.80. The summed E-state index contributed by atoms with van der Waals surface area (Å²) in [5, 5.41) is 0. The van der Waals surface area contributed by atoms with Crippen molar-refractivity contribution in [3.8, 4) is 0 Å². The number of nitrogens with zero attached hydrogens (tertiary/aromatic N) is 2. The summed E-state index contributed by atoms with van der Waals surface area (Å²) in [4.78, 5) is 17.9. The summed E-state index contributed by atoms with van der Waals surface area (Å²) >= 11 is 4.91. The molecule has 2 heterocycles. The van der Waals surface area contributed by atoms with Crippen molar-refractivity contribution >= 4 is 28.9 Å². The second-order valence-corrected chi connectivity index (χ2v) is 4.85. The van der Waals surface area contributed by atoms with E-state index >= 15 is 0 Å². The van der Waals surface area contributed by atoms with Gasteiger partial charge in [0.25, 0.3) is 0 Å². The number of aromatic nitrogens is 1. The fraction of sp³-hybridized carbons (Fsp3) is 0.417. The van der Waals surface area contributed by atoms with E-state index in [4.69, 9.17) is 23.7 Å². The van der Waals surface area contributed by atoms with Gasteiger partial charge < -0.3 is 16.4 Å². The second-order valence-electron chi connectivity index (χ2n) is 4.41. The predicted molar refractivity (Wildman–Crippen MR) is 74.3 cm³/mol. The maximum absolute atomic E-state index is 11.1. The van der Waals surface area contributed by atoms with Crippen molar-refractivity contribution < 1.29 is 4.79 Å². The number of primary amides is 1. The molecular formula is C12H16N4OS. The number of rotatable bonds is 3. The summed E-state index contributed by atoms with van der Waals surface area (Å²) in [6.07, 6.45) is 1.54. The number of hydrogen-bond acceptors (Lipinski definition) is 4. The van der Waals surface area contributed by atoms with Crippen LogP contribution >= 0.6 is 12.2 Å². The number of carbonyl (C=O) groups is 1. The van der Waals surface area contributed by atoms with Crippen LogP contribution in [0, 0.1) is 5.92 Å². The molecule has 2 rings (SSSR count).